The fourth-order valence-corrected chi connectivity index (χ4v) is 3.16. The highest BCUT2D eigenvalue weighted by atomic mass is 32.3. The van der Waals surface area contributed by atoms with E-state index in [4.69, 9.17) is 5.11 Å². The minimum absolute atomic E-state index is 0.125. The number of halogens is 1. The van der Waals surface area contributed by atoms with Crippen molar-refractivity contribution in [2.75, 3.05) is 17.6 Å². The number of benzene rings is 2. The summed E-state index contributed by atoms with van der Waals surface area (Å²) >= 11 is 0. The Labute approximate surface area is 153 Å². The summed E-state index contributed by atoms with van der Waals surface area (Å²) in [7, 11) is -4.59. The van der Waals surface area contributed by atoms with Gasteiger partial charge in [-0.2, -0.15) is 8.42 Å². The van der Waals surface area contributed by atoms with E-state index in [0.29, 0.717) is 22.3 Å². The van der Waals surface area contributed by atoms with Crippen LogP contribution in [0.3, 0.4) is 0 Å². The third kappa shape index (κ3) is 3.98. The molecule has 0 amide bonds. The number of fused-ring (bicyclic) bond motifs is 1. The highest BCUT2D eigenvalue weighted by molar-refractivity contribution is 7.86. The van der Waals surface area contributed by atoms with Gasteiger partial charge in [-0.1, -0.05) is 30.3 Å². The zero-order chi connectivity index (χ0) is 19.6. The molecule has 0 aliphatic heterocycles. The number of aromatic amines is 1. The van der Waals surface area contributed by atoms with Gasteiger partial charge in [-0.3, -0.25) is 4.79 Å². The van der Waals surface area contributed by atoms with Crippen LogP contribution in [0.4, 0.5) is 9.57 Å². The van der Waals surface area contributed by atoms with Crippen LogP contribution in [0, 0.1) is 0 Å². The second kappa shape index (κ2) is 7.20. The van der Waals surface area contributed by atoms with E-state index < -0.39 is 27.4 Å². The van der Waals surface area contributed by atoms with Gasteiger partial charge >= 0.3 is 16.2 Å². The first-order valence-corrected chi connectivity index (χ1v) is 9.46. The average molecular weight is 390 g/mol. The Bertz CT molecular complexity index is 1190. The number of carboxylic acid groups (broad SMARTS) is 1. The first-order valence-electron chi connectivity index (χ1n) is 7.91. The maximum atomic E-state index is 12.7. The predicted octanol–water partition coefficient (Wildman–Crippen LogP) is 2.60. The van der Waals surface area contributed by atoms with Gasteiger partial charge in [0.2, 0.25) is 5.43 Å². The fraction of sp³-hybridized carbons (Fsp3) is 0.111. The minimum atomic E-state index is -4.59. The molecule has 0 radical (unpaired) electrons. The van der Waals surface area contributed by atoms with Crippen molar-refractivity contribution in [1.82, 2.24) is 4.98 Å². The lowest BCUT2D eigenvalue weighted by atomic mass is 9.99. The number of nitrogens with one attached hydrogen (secondary N) is 2. The molecular formula is C18H15FN2O5S. The second-order valence-corrected chi connectivity index (χ2v) is 7.27. The van der Waals surface area contributed by atoms with Gasteiger partial charge in [-0.15, -0.1) is 3.89 Å². The Morgan fingerprint density at radius 1 is 1.11 bits per heavy atom. The van der Waals surface area contributed by atoms with Gasteiger partial charge in [0.25, 0.3) is 0 Å². The Morgan fingerprint density at radius 2 is 1.81 bits per heavy atom. The normalized spacial score (nSPS) is 11.4. The Hall–Kier alpha value is -3.20. The van der Waals surface area contributed by atoms with E-state index in [-0.39, 0.29) is 17.5 Å². The quantitative estimate of drug-likeness (QED) is 0.557. The molecule has 0 unspecified atom stereocenters. The van der Waals surface area contributed by atoms with Crippen LogP contribution >= 0.6 is 0 Å². The lowest BCUT2D eigenvalue weighted by Gasteiger charge is -2.13. The van der Waals surface area contributed by atoms with E-state index in [2.05, 4.69) is 10.3 Å². The number of pyridine rings is 1. The lowest BCUT2D eigenvalue weighted by Crippen LogP contribution is -2.15. The van der Waals surface area contributed by atoms with E-state index in [0.717, 1.165) is 6.20 Å². The van der Waals surface area contributed by atoms with Gasteiger partial charge in [0.05, 0.1) is 11.3 Å². The van der Waals surface area contributed by atoms with E-state index in [1.807, 2.05) is 0 Å². The zero-order valence-corrected chi connectivity index (χ0v) is 14.7. The number of aromatic nitrogens is 1. The number of anilines is 1. The number of aromatic carboxylic acids is 1. The molecule has 0 aliphatic carbocycles. The van der Waals surface area contributed by atoms with Crippen molar-refractivity contribution in [3.05, 3.63) is 64.4 Å². The van der Waals surface area contributed by atoms with E-state index >= 15 is 0 Å². The largest absolute Gasteiger partial charge is 0.477 e. The molecule has 0 atom stereocenters. The smallest absolute Gasteiger partial charge is 0.341 e. The van der Waals surface area contributed by atoms with Gasteiger partial charge in [0.15, 0.2) is 0 Å². The number of carboxylic acids is 1. The molecule has 9 heteroatoms. The molecule has 3 aromatic rings. The van der Waals surface area contributed by atoms with Gasteiger partial charge in [-0.25, -0.2) is 4.79 Å². The molecular weight excluding hydrogens is 375 g/mol. The summed E-state index contributed by atoms with van der Waals surface area (Å²) in [6.07, 6.45) is 1.14. The summed E-state index contributed by atoms with van der Waals surface area (Å²) < 4.78 is 34.1. The highest BCUT2D eigenvalue weighted by Crippen LogP contribution is 2.32. The van der Waals surface area contributed by atoms with Crippen molar-refractivity contribution in [3.63, 3.8) is 0 Å². The summed E-state index contributed by atoms with van der Waals surface area (Å²) in [4.78, 5) is 26.4. The number of hydrogen-bond donors (Lipinski definition) is 3. The van der Waals surface area contributed by atoms with Crippen LogP contribution in [0.5, 0.6) is 0 Å². The standard InChI is InChI=1S/C18H15FN2O5S/c19-27(25,26)9-8-20-15-7-2-1-4-11(15)12-5-3-6-13-16(12)21-10-14(17(13)22)18(23)24/h1-7,10,20H,8-9H2,(H,21,22)(H,23,24). The number of hydrogen-bond acceptors (Lipinski definition) is 5. The molecule has 0 aliphatic rings. The Kier molecular flexibility index (Phi) is 4.95. The third-order valence-electron chi connectivity index (χ3n) is 4.02. The van der Waals surface area contributed by atoms with Crippen molar-refractivity contribution < 1.29 is 22.2 Å². The average Bonchev–Trinajstić information content (AvgIpc) is 2.61. The van der Waals surface area contributed by atoms with Crippen LogP contribution in [0.25, 0.3) is 22.0 Å². The molecule has 0 spiro atoms. The van der Waals surface area contributed by atoms with Crippen LogP contribution in [-0.2, 0) is 10.2 Å². The molecule has 3 rings (SSSR count). The van der Waals surface area contributed by atoms with Crippen LogP contribution < -0.4 is 10.7 Å². The summed E-state index contributed by atoms with van der Waals surface area (Å²) in [6, 6.07) is 11.8. The van der Waals surface area contributed by atoms with Crippen molar-refractivity contribution in [2.24, 2.45) is 0 Å². The van der Waals surface area contributed by atoms with Crippen molar-refractivity contribution in [3.8, 4) is 11.1 Å². The van der Waals surface area contributed by atoms with Gasteiger partial charge < -0.3 is 15.4 Å². The van der Waals surface area contributed by atoms with Crippen molar-refractivity contribution in [1.29, 1.82) is 0 Å². The first-order chi connectivity index (χ1) is 12.8. The summed E-state index contributed by atoms with van der Waals surface area (Å²) in [5, 5.41) is 12.2. The summed E-state index contributed by atoms with van der Waals surface area (Å²) in [5.41, 5.74) is 1.30. The molecule has 27 heavy (non-hydrogen) atoms. The van der Waals surface area contributed by atoms with Crippen LogP contribution in [-0.4, -0.2) is 36.8 Å². The molecule has 0 bridgehead atoms. The van der Waals surface area contributed by atoms with E-state index in [1.54, 1.807) is 36.4 Å². The van der Waals surface area contributed by atoms with E-state index in [9.17, 15) is 21.9 Å². The van der Waals surface area contributed by atoms with Crippen LogP contribution in [0.15, 0.2) is 53.5 Å². The number of carbonyl (C=O) groups is 1. The Morgan fingerprint density at radius 3 is 2.52 bits per heavy atom. The van der Waals surface area contributed by atoms with Crippen molar-refractivity contribution >= 4 is 32.8 Å². The maximum absolute atomic E-state index is 12.7. The summed E-state index contributed by atoms with van der Waals surface area (Å²) in [5.74, 6) is -1.99. The van der Waals surface area contributed by atoms with E-state index in [1.165, 1.54) is 6.07 Å². The van der Waals surface area contributed by atoms with Gasteiger partial charge in [0.1, 0.15) is 5.56 Å². The zero-order valence-electron chi connectivity index (χ0n) is 13.9. The first kappa shape index (κ1) is 18.6. The predicted molar refractivity (Wildman–Crippen MR) is 100 cm³/mol. The topological polar surface area (TPSA) is 116 Å². The lowest BCUT2D eigenvalue weighted by molar-refractivity contribution is 0.0695. The second-order valence-electron chi connectivity index (χ2n) is 5.78. The van der Waals surface area contributed by atoms with Crippen LogP contribution in [0.2, 0.25) is 0 Å². The molecule has 3 N–H and O–H groups in total. The molecule has 1 aromatic heterocycles. The molecule has 140 valence electrons. The fourth-order valence-electron chi connectivity index (χ4n) is 2.82. The highest BCUT2D eigenvalue weighted by Gasteiger charge is 2.15. The number of H-pyrrole nitrogens is 1. The summed E-state index contributed by atoms with van der Waals surface area (Å²) in [6.45, 7) is -0.125. The molecule has 7 nitrogen and oxygen atoms in total. The van der Waals surface area contributed by atoms with Crippen LogP contribution in [0.1, 0.15) is 10.4 Å². The maximum Gasteiger partial charge on any atom is 0.341 e. The Balaban J connectivity index is 2.10. The molecule has 0 saturated heterocycles. The molecule has 0 fully saturated rings. The monoisotopic (exact) mass is 390 g/mol. The van der Waals surface area contributed by atoms with Gasteiger partial charge in [-0.05, 0) is 12.1 Å². The van der Waals surface area contributed by atoms with Crippen molar-refractivity contribution in [2.45, 2.75) is 0 Å². The third-order valence-corrected chi connectivity index (χ3v) is 4.72. The molecule has 1 heterocycles. The molecule has 0 saturated carbocycles. The SMILES string of the molecule is O=C(O)c1c[nH]c2c(-c3ccccc3NCCS(=O)(=O)F)cccc2c1=O. The molecule has 2 aromatic carbocycles. The number of rotatable bonds is 6. The number of para-hydroxylation sites is 2. The van der Waals surface area contributed by atoms with Gasteiger partial charge in [0, 0.05) is 34.9 Å². The minimum Gasteiger partial charge on any atom is -0.477 e.